The van der Waals surface area contributed by atoms with E-state index in [-0.39, 0.29) is 5.60 Å². The number of nitrogens with one attached hydrogen (secondary N) is 1. The Hall–Kier alpha value is -2.33. The van der Waals surface area contributed by atoms with E-state index in [1.54, 1.807) is 6.20 Å². The normalized spacial score (nSPS) is 19.7. The topological polar surface area (TPSA) is 58.1 Å². The second kappa shape index (κ2) is 4.58. The number of H-pyrrole nitrogens is 1. The third-order valence-corrected chi connectivity index (χ3v) is 4.21. The standard InChI is InChI=1S/C18H18N2O2/c1-18(2)9-15(21)13-6-5-11(8-16(13)22-18)14-10-20-17-12(14)4-3-7-19-17/h3-8,10,15,21H,9H2,1-2H3,(H,19,20). The van der Waals surface area contributed by atoms with Gasteiger partial charge in [-0.1, -0.05) is 12.1 Å². The summed E-state index contributed by atoms with van der Waals surface area (Å²) in [6.45, 7) is 4.00. The van der Waals surface area contributed by atoms with Crippen LogP contribution in [-0.2, 0) is 0 Å². The molecule has 0 saturated heterocycles. The van der Waals surface area contributed by atoms with Crippen LogP contribution in [0.2, 0.25) is 0 Å². The zero-order valence-electron chi connectivity index (χ0n) is 12.6. The number of pyridine rings is 1. The van der Waals surface area contributed by atoms with Crippen molar-refractivity contribution in [2.45, 2.75) is 32.0 Å². The van der Waals surface area contributed by atoms with Crippen molar-refractivity contribution >= 4 is 11.0 Å². The van der Waals surface area contributed by atoms with Gasteiger partial charge in [0.1, 0.15) is 17.0 Å². The number of benzene rings is 1. The molecule has 3 aromatic rings. The minimum absolute atomic E-state index is 0.354. The predicted octanol–water partition coefficient (Wildman–Crippen LogP) is 3.82. The summed E-state index contributed by atoms with van der Waals surface area (Å²) < 4.78 is 6.05. The molecule has 1 atom stereocenters. The number of aromatic nitrogens is 2. The summed E-state index contributed by atoms with van der Waals surface area (Å²) in [4.78, 5) is 7.51. The molecule has 0 amide bonds. The zero-order valence-corrected chi connectivity index (χ0v) is 12.6. The SMILES string of the molecule is CC1(C)CC(O)c2ccc(-c3c[nH]c4ncccc34)cc2O1. The first-order valence-electron chi connectivity index (χ1n) is 7.47. The van der Waals surface area contributed by atoms with E-state index in [0.29, 0.717) is 6.42 Å². The summed E-state index contributed by atoms with van der Waals surface area (Å²) in [5.41, 5.74) is 3.53. The Kier molecular flexibility index (Phi) is 2.78. The molecule has 3 heterocycles. The Morgan fingerprint density at radius 1 is 1.32 bits per heavy atom. The molecule has 112 valence electrons. The van der Waals surface area contributed by atoms with Crippen molar-refractivity contribution in [1.82, 2.24) is 9.97 Å². The molecule has 1 aliphatic rings. The molecule has 0 aliphatic carbocycles. The van der Waals surface area contributed by atoms with Gasteiger partial charge in [0, 0.05) is 35.3 Å². The van der Waals surface area contributed by atoms with Crippen molar-refractivity contribution in [3.63, 3.8) is 0 Å². The molecule has 2 N–H and O–H groups in total. The third-order valence-electron chi connectivity index (χ3n) is 4.21. The van der Waals surface area contributed by atoms with Crippen LogP contribution in [0, 0.1) is 0 Å². The first-order valence-corrected chi connectivity index (χ1v) is 7.47. The van der Waals surface area contributed by atoms with E-state index in [4.69, 9.17) is 4.74 Å². The highest BCUT2D eigenvalue weighted by molar-refractivity contribution is 5.93. The molecule has 1 unspecified atom stereocenters. The van der Waals surface area contributed by atoms with Crippen LogP contribution in [0.3, 0.4) is 0 Å². The molecule has 22 heavy (non-hydrogen) atoms. The lowest BCUT2D eigenvalue weighted by Crippen LogP contribution is -2.34. The largest absolute Gasteiger partial charge is 0.487 e. The van der Waals surface area contributed by atoms with E-state index < -0.39 is 6.10 Å². The molecule has 0 bridgehead atoms. The number of fused-ring (bicyclic) bond motifs is 2. The monoisotopic (exact) mass is 294 g/mol. The van der Waals surface area contributed by atoms with Crippen LogP contribution >= 0.6 is 0 Å². The van der Waals surface area contributed by atoms with Gasteiger partial charge in [0.05, 0.1) is 6.10 Å². The highest BCUT2D eigenvalue weighted by Crippen LogP contribution is 2.42. The Morgan fingerprint density at radius 3 is 3.05 bits per heavy atom. The van der Waals surface area contributed by atoms with Gasteiger partial charge in [0.25, 0.3) is 0 Å². The molecule has 0 fully saturated rings. The van der Waals surface area contributed by atoms with Gasteiger partial charge in [-0.2, -0.15) is 0 Å². The fraction of sp³-hybridized carbons (Fsp3) is 0.278. The number of aliphatic hydroxyl groups is 1. The van der Waals surface area contributed by atoms with Crippen LogP contribution in [0.4, 0.5) is 0 Å². The van der Waals surface area contributed by atoms with Crippen molar-refractivity contribution < 1.29 is 9.84 Å². The van der Waals surface area contributed by atoms with Crippen molar-refractivity contribution in [3.05, 3.63) is 48.3 Å². The number of ether oxygens (including phenoxy) is 1. The molecular weight excluding hydrogens is 276 g/mol. The van der Waals surface area contributed by atoms with Gasteiger partial charge in [0.2, 0.25) is 0 Å². The fourth-order valence-electron chi connectivity index (χ4n) is 3.18. The fourth-order valence-corrected chi connectivity index (χ4v) is 3.18. The third kappa shape index (κ3) is 2.07. The van der Waals surface area contributed by atoms with Crippen molar-refractivity contribution in [1.29, 1.82) is 0 Å². The van der Waals surface area contributed by atoms with Crippen LogP contribution in [-0.4, -0.2) is 20.7 Å². The minimum atomic E-state index is -0.475. The highest BCUT2D eigenvalue weighted by atomic mass is 16.5. The maximum atomic E-state index is 10.3. The average molecular weight is 294 g/mol. The Bertz CT molecular complexity index is 851. The molecule has 2 aromatic heterocycles. The Morgan fingerprint density at radius 2 is 2.18 bits per heavy atom. The smallest absolute Gasteiger partial charge is 0.137 e. The van der Waals surface area contributed by atoms with Gasteiger partial charge in [0.15, 0.2) is 0 Å². The van der Waals surface area contributed by atoms with Crippen LogP contribution < -0.4 is 4.74 Å². The molecule has 4 heteroatoms. The Balaban J connectivity index is 1.85. The maximum Gasteiger partial charge on any atom is 0.137 e. The molecule has 4 rings (SSSR count). The first kappa shape index (κ1) is 13.3. The van der Waals surface area contributed by atoms with Crippen molar-refractivity contribution in [2.24, 2.45) is 0 Å². The lowest BCUT2D eigenvalue weighted by molar-refractivity contribution is 0.0116. The van der Waals surface area contributed by atoms with Crippen LogP contribution in [0.1, 0.15) is 31.9 Å². The second-order valence-electron chi connectivity index (χ2n) is 6.44. The van der Waals surface area contributed by atoms with E-state index in [0.717, 1.165) is 33.5 Å². The molecule has 1 aromatic carbocycles. The molecule has 0 radical (unpaired) electrons. The van der Waals surface area contributed by atoms with E-state index >= 15 is 0 Å². The lowest BCUT2D eigenvalue weighted by atomic mass is 9.90. The Labute approximate surface area is 128 Å². The molecule has 0 saturated carbocycles. The summed E-state index contributed by atoms with van der Waals surface area (Å²) in [5, 5.41) is 11.4. The van der Waals surface area contributed by atoms with E-state index in [9.17, 15) is 5.11 Å². The summed E-state index contributed by atoms with van der Waals surface area (Å²) in [6, 6.07) is 9.98. The van der Waals surface area contributed by atoms with Crippen LogP contribution in [0.15, 0.2) is 42.7 Å². The van der Waals surface area contributed by atoms with E-state index in [2.05, 4.69) is 9.97 Å². The summed E-state index contributed by atoms with van der Waals surface area (Å²) >= 11 is 0. The molecule has 1 aliphatic heterocycles. The van der Waals surface area contributed by atoms with Gasteiger partial charge >= 0.3 is 0 Å². The number of rotatable bonds is 1. The second-order valence-corrected chi connectivity index (χ2v) is 6.44. The average Bonchev–Trinajstić information content (AvgIpc) is 2.89. The lowest BCUT2D eigenvalue weighted by Gasteiger charge is -2.35. The summed E-state index contributed by atoms with van der Waals surface area (Å²) in [6.07, 6.45) is 3.87. The molecular formula is C18H18N2O2. The number of nitrogens with zero attached hydrogens (tertiary/aromatic N) is 1. The van der Waals surface area contributed by atoms with Crippen molar-refractivity contribution in [3.8, 4) is 16.9 Å². The summed E-state index contributed by atoms with van der Waals surface area (Å²) in [5.74, 6) is 0.763. The van der Waals surface area contributed by atoms with Crippen LogP contribution in [0.25, 0.3) is 22.2 Å². The quantitative estimate of drug-likeness (QED) is 0.717. The molecule has 4 nitrogen and oxygen atoms in total. The maximum absolute atomic E-state index is 10.3. The minimum Gasteiger partial charge on any atom is -0.487 e. The zero-order chi connectivity index (χ0) is 15.3. The number of hydrogen-bond acceptors (Lipinski definition) is 3. The van der Waals surface area contributed by atoms with Gasteiger partial charge in [-0.25, -0.2) is 4.98 Å². The summed E-state index contributed by atoms with van der Waals surface area (Å²) in [7, 11) is 0. The van der Waals surface area contributed by atoms with Gasteiger partial charge in [-0.3, -0.25) is 0 Å². The molecule has 0 spiro atoms. The van der Waals surface area contributed by atoms with Gasteiger partial charge in [-0.15, -0.1) is 0 Å². The number of aromatic amines is 1. The highest BCUT2D eigenvalue weighted by Gasteiger charge is 2.32. The number of aliphatic hydroxyl groups excluding tert-OH is 1. The predicted molar refractivity (Wildman–Crippen MR) is 85.8 cm³/mol. The van der Waals surface area contributed by atoms with Crippen molar-refractivity contribution in [2.75, 3.05) is 0 Å². The number of hydrogen-bond donors (Lipinski definition) is 2. The van der Waals surface area contributed by atoms with Gasteiger partial charge < -0.3 is 14.8 Å². The van der Waals surface area contributed by atoms with E-state index in [1.165, 1.54) is 0 Å². The van der Waals surface area contributed by atoms with Crippen LogP contribution in [0.5, 0.6) is 5.75 Å². The van der Waals surface area contributed by atoms with Gasteiger partial charge in [-0.05, 0) is 37.6 Å². The first-order chi connectivity index (χ1) is 10.5. The van der Waals surface area contributed by atoms with E-state index in [1.807, 2.05) is 50.4 Å².